The average molecular weight is 430 g/mol. The maximum Gasteiger partial charge on any atom is 0.240 e. The summed E-state index contributed by atoms with van der Waals surface area (Å²) in [7, 11) is -1.81. The van der Waals surface area contributed by atoms with Crippen LogP contribution in [-0.4, -0.2) is 58.7 Å². The summed E-state index contributed by atoms with van der Waals surface area (Å²) in [5.41, 5.74) is 1.21. The summed E-state index contributed by atoms with van der Waals surface area (Å²) < 4.78 is 34.0. The molecule has 0 bridgehead atoms. The molecule has 1 aliphatic heterocycles. The van der Waals surface area contributed by atoms with Crippen LogP contribution in [0.2, 0.25) is 0 Å². The van der Waals surface area contributed by atoms with E-state index in [0.29, 0.717) is 4.90 Å². The Balaban J connectivity index is 1.40. The van der Waals surface area contributed by atoms with Crippen molar-refractivity contribution >= 4 is 15.7 Å². The van der Waals surface area contributed by atoms with E-state index in [0.717, 1.165) is 57.6 Å². The highest BCUT2D eigenvalue weighted by Gasteiger charge is 2.34. The van der Waals surface area contributed by atoms with Gasteiger partial charge in [-0.2, -0.15) is 0 Å². The molecule has 0 spiro atoms. The van der Waals surface area contributed by atoms with Crippen LogP contribution in [0.3, 0.4) is 0 Å². The number of nitrogens with one attached hydrogen (secondary N) is 1. The van der Waals surface area contributed by atoms with Crippen LogP contribution in [-0.2, 0) is 10.0 Å². The van der Waals surface area contributed by atoms with E-state index < -0.39 is 10.0 Å². The minimum absolute atomic E-state index is 0.0310. The topological polar surface area (TPSA) is 61.9 Å². The highest BCUT2D eigenvalue weighted by atomic mass is 32.2. The number of benzene rings is 2. The predicted octanol–water partition coefficient (Wildman–Crippen LogP) is 3.11. The summed E-state index contributed by atoms with van der Waals surface area (Å²) in [4.78, 5) is 5.22. The van der Waals surface area contributed by atoms with Crippen LogP contribution in [0.1, 0.15) is 25.7 Å². The van der Waals surface area contributed by atoms with Gasteiger partial charge >= 0.3 is 0 Å². The van der Waals surface area contributed by atoms with Gasteiger partial charge in [-0.25, -0.2) is 13.1 Å². The SMILES string of the molecule is COc1ccc(N2CCN([C@H]3CCCC[C@H]3NS(=O)(=O)c3ccccc3)CC2)cc1. The van der Waals surface area contributed by atoms with E-state index in [-0.39, 0.29) is 12.1 Å². The Morgan fingerprint density at radius 3 is 2.23 bits per heavy atom. The molecule has 1 N–H and O–H groups in total. The molecule has 30 heavy (non-hydrogen) atoms. The molecule has 1 saturated carbocycles. The quantitative estimate of drug-likeness (QED) is 0.765. The first-order chi connectivity index (χ1) is 14.6. The van der Waals surface area contributed by atoms with Crippen molar-refractivity contribution in [3.05, 3.63) is 54.6 Å². The molecule has 2 fully saturated rings. The van der Waals surface area contributed by atoms with Gasteiger partial charge in [0.15, 0.2) is 0 Å². The zero-order chi connectivity index (χ0) is 21.0. The van der Waals surface area contributed by atoms with E-state index in [1.54, 1.807) is 31.4 Å². The number of rotatable bonds is 6. The number of nitrogens with zero attached hydrogens (tertiary/aromatic N) is 2. The van der Waals surface area contributed by atoms with Gasteiger partial charge in [0.05, 0.1) is 12.0 Å². The Kier molecular flexibility index (Phi) is 6.61. The van der Waals surface area contributed by atoms with Gasteiger partial charge in [0.1, 0.15) is 5.75 Å². The standard InChI is InChI=1S/C23H31N3O3S/c1-29-20-13-11-19(12-14-20)25-15-17-26(18-16-25)23-10-6-5-9-22(23)24-30(27,28)21-7-3-2-4-8-21/h2-4,7-8,11-14,22-24H,5-6,9-10,15-18H2,1H3/t22-,23+/m1/s1. The fourth-order valence-electron chi connectivity index (χ4n) is 4.66. The van der Waals surface area contributed by atoms with E-state index >= 15 is 0 Å². The lowest BCUT2D eigenvalue weighted by Gasteiger charge is -2.44. The molecule has 2 aromatic rings. The second kappa shape index (κ2) is 9.37. The second-order valence-electron chi connectivity index (χ2n) is 8.11. The van der Waals surface area contributed by atoms with Crippen molar-refractivity contribution in [2.75, 3.05) is 38.2 Å². The Labute approximate surface area is 179 Å². The van der Waals surface area contributed by atoms with Crippen molar-refractivity contribution in [2.24, 2.45) is 0 Å². The molecule has 0 amide bonds. The smallest absolute Gasteiger partial charge is 0.240 e. The van der Waals surface area contributed by atoms with Gasteiger partial charge in [0, 0.05) is 44.0 Å². The minimum atomic E-state index is -3.49. The van der Waals surface area contributed by atoms with Crippen molar-refractivity contribution in [2.45, 2.75) is 42.7 Å². The Morgan fingerprint density at radius 1 is 0.900 bits per heavy atom. The molecule has 1 heterocycles. The summed E-state index contributed by atoms with van der Waals surface area (Å²) in [6.07, 6.45) is 4.18. The number of sulfonamides is 1. The Hall–Kier alpha value is -2.09. The molecule has 0 radical (unpaired) electrons. The lowest BCUT2D eigenvalue weighted by atomic mass is 9.89. The van der Waals surface area contributed by atoms with Crippen LogP contribution < -0.4 is 14.4 Å². The highest BCUT2D eigenvalue weighted by molar-refractivity contribution is 7.89. The van der Waals surface area contributed by atoms with Gasteiger partial charge in [-0.1, -0.05) is 31.0 Å². The molecule has 162 valence electrons. The average Bonchev–Trinajstić information content (AvgIpc) is 2.80. The zero-order valence-electron chi connectivity index (χ0n) is 17.5. The van der Waals surface area contributed by atoms with Crippen LogP contribution in [0.5, 0.6) is 5.75 Å². The summed E-state index contributed by atoms with van der Waals surface area (Å²) >= 11 is 0. The third-order valence-corrected chi connectivity index (χ3v) is 7.82. The molecule has 2 aliphatic rings. The van der Waals surface area contributed by atoms with E-state index in [9.17, 15) is 8.42 Å². The summed E-state index contributed by atoms with van der Waals surface area (Å²) in [6.45, 7) is 3.78. The minimum Gasteiger partial charge on any atom is -0.497 e. The molecule has 0 aromatic heterocycles. The maximum absolute atomic E-state index is 12.9. The number of anilines is 1. The Morgan fingerprint density at radius 2 is 1.57 bits per heavy atom. The predicted molar refractivity (Wildman–Crippen MR) is 120 cm³/mol. The van der Waals surface area contributed by atoms with Crippen molar-refractivity contribution in [1.82, 2.24) is 9.62 Å². The number of ether oxygens (including phenoxy) is 1. The monoisotopic (exact) mass is 429 g/mol. The van der Waals surface area contributed by atoms with E-state index in [1.165, 1.54) is 5.69 Å². The number of piperazine rings is 1. The second-order valence-corrected chi connectivity index (χ2v) is 9.83. The molecule has 0 unspecified atom stereocenters. The van der Waals surface area contributed by atoms with E-state index in [4.69, 9.17) is 4.74 Å². The summed E-state index contributed by atoms with van der Waals surface area (Å²) in [6, 6.07) is 17.1. The highest BCUT2D eigenvalue weighted by Crippen LogP contribution is 2.27. The third-order valence-electron chi connectivity index (χ3n) is 6.31. The molecule has 2 atom stereocenters. The lowest BCUT2D eigenvalue weighted by Crippen LogP contribution is -2.58. The van der Waals surface area contributed by atoms with Crippen LogP contribution in [0, 0.1) is 0 Å². The number of hydrogen-bond acceptors (Lipinski definition) is 5. The van der Waals surface area contributed by atoms with Crippen LogP contribution >= 0.6 is 0 Å². The van der Waals surface area contributed by atoms with Crippen molar-refractivity contribution < 1.29 is 13.2 Å². The van der Waals surface area contributed by atoms with Gasteiger partial charge in [-0.15, -0.1) is 0 Å². The van der Waals surface area contributed by atoms with Gasteiger partial charge < -0.3 is 9.64 Å². The van der Waals surface area contributed by atoms with Crippen molar-refractivity contribution in [3.63, 3.8) is 0 Å². The van der Waals surface area contributed by atoms with Crippen molar-refractivity contribution in [1.29, 1.82) is 0 Å². The molecule has 7 heteroatoms. The Bertz CT molecular complexity index is 910. The first-order valence-electron chi connectivity index (χ1n) is 10.8. The lowest BCUT2D eigenvalue weighted by molar-refractivity contribution is 0.124. The molecule has 1 saturated heterocycles. The number of methoxy groups -OCH3 is 1. The normalized spacial score (nSPS) is 23.3. The molecular formula is C23H31N3O3S. The summed E-state index contributed by atoms with van der Waals surface area (Å²) in [5, 5.41) is 0. The molecule has 6 nitrogen and oxygen atoms in total. The number of hydrogen-bond donors (Lipinski definition) is 1. The van der Waals surface area contributed by atoms with Gasteiger partial charge in [-0.05, 0) is 49.2 Å². The van der Waals surface area contributed by atoms with Crippen LogP contribution in [0.25, 0.3) is 0 Å². The van der Waals surface area contributed by atoms with Crippen LogP contribution in [0.15, 0.2) is 59.5 Å². The van der Waals surface area contributed by atoms with E-state index in [2.05, 4.69) is 26.7 Å². The molecular weight excluding hydrogens is 398 g/mol. The van der Waals surface area contributed by atoms with Gasteiger partial charge in [0.2, 0.25) is 10.0 Å². The first kappa shape index (κ1) is 21.2. The van der Waals surface area contributed by atoms with Crippen LogP contribution in [0.4, 0.5) is 5.69 Å². The first-order valence-corrected chi connectivity index (χ1v) is 12.3. The van der Waals surface area contributed by atoms with Crippen molar-refractivity contribution in [3.8, 4) is 5.75 Å². The zero-order valence-corrected chi connectivity index (χ0v) is 18.4. The van der Waals surface area contributed by atoms with E-state index in [1.807, 2.05) is 18.2 Å². The summed E-state index contributed by atoms with van der Waals surface area (Å²) in [5.74, 6) is 0.869. The molecule has 2 aromatic carbocycles. The van der Waals surface area contributed by atoms with Gasteiger partial charge in [0.25, 0.3) is 0 Å². The maximum atomic E-state index is 12.9. The molecule has 1 aliphatic carbocycles. The third kappa shape index (κ3) is 4.79. The largest absolute Gasteiger partial charge is 0.497 e. The fourth-order valence-corrected chi connectivity index (χ4v) is 5.98. The molecule has 4 rings (SSSR count). The fraction of sp³-hybridized carbons (Fsp3) is 0.478. The van der Waals surface area contributed by atoms with Gasteiger partial charge in [-0.3, -0.25) is 4.90 Å².